The zero-order valence-corrected chi connectivity index (χ0v) is 22.4. The van der Waals surface area contributed by atoms with Crippen molar-refractivity contribution in [1.82, 2.24) is 15.2 Å². The number of esters is 1. The first-order valence-corrected chi connectivity index (χ1v) is 10.3. The molecule has 0 aliphatic carbocycles. The van der Waals surface area contributed by atoms with Crippen LogP contribution in [0.1, 0.15) is 8.35 Å². The molecule has 3 rings (SSSR count). The van der Waals surface area contributed by atoms with Crippen molar-refractivity contribution in [2.24, 2.45) is 0 Å². The van der Waals surface area contributed by atoms with Crippen LogP contribution in [-0.2, 0) is 23.9 Å². The largest absolute Gasteiger partial charge is 1.00 e. The Morgan fingerprint density at radius 2 is 2.03 bits per heavy atom. The number of carboxylic acid groups (broad SMARTS) is 1. The molecule has 1 saturated heterocycles. The number of ether oxygens (including phenoxy) is 1. The average Bonchev–Trinajstić information content (AvgIpc) is 2.68. The van der Waals surface area contributed by atoms with Gasteiger partial charge >= 0.3 is 65.1 Å². The summed E-state index contributed by atoms with van der Waals surface area (Å²) in [5, 5.41) is 13.6. The van der Waals surface area contributed by atoms with Gasteiger partial charge in [0.1, 0.15) is 18.0 Å². The van der Waals surface area contributed by atoms with E-state index < -0.39 is 29.3 Å². The van der Waals surface area contributed by atoms with Crippen LogP contribution >= 0.6 is 23.5 Å². The van der Waals surface area contributed by atoms with Crippen molar-refractivity contribution in [3.05, 3.63) is 35.8 Å². The van der Waals surface area contributed by atoms with Gasteiger partial charge in [-0.3, -0.25) is 24.3 Å². The summed E-state index contributed by atoms with van der Waals surface area (Å²) < 4.78 is 4.85. The summed E-state index contributed by atoms with van der Waals surface area (Å²) in [5.41, 5.74) is 0.00878. The van der Waals surface area contributed by atoms with Crippen LogP contribution in [0.25, 0.3) is 0 Å². The number of nitrogens with zero attached hydrogens (tertiary/aromatic N) is 2. The number of carbonyl (C=O) groups is 4. The van der Waals surface area contributed by atoms with Crippen molar-refractivity contribution in [3.63, 3.8) is 0 Å². The fourth-order valence-corrected chi connectivity index (χ4v) is 4.79. The van der Waals surface area contributed by atoms with Crippen molar-refractivity contribution in [3.8, 4) is 0 Å². The number of aromatic nitrogens is 1. The number of pyridine rings is 1. The molecule has 1 N–H and O–H groups in total. The maximum atomic E-state index is 12.5. The maximum Gasteiger partial charge on any atom is 1.00 e. The number of amides is 2. The minimum absolute atomic E-state index is 0. The van der Waals surface area contributed by atoms with Gasteiger partial charge in [-0.15, -0.1) is 23.5 Å². The molecule has 0 saturated carbocycles. The normalized spacial score (nSPS) is 19.5. The van der Waals surface area contributed by atoms with Crippen LogP contribution in [0.5, 0.6) is 0 Å². The Balaban J connectivity index is 0.00000300. The van der Waals surface area contributed by atoms with Gasteiger partial charge in [0, 0.05) is 35.5 Å². The molecule has 30 heavy (non-hydrogen) atoms. The Morgan fingerprint density at radius 3 is 2.63 bits per heavy atom. The molecule has 13 heteroatoms. The molecule has 1 fully saturated rings. The molecule has 9 nitrogen and oxygen atoms in total. The summed E-state index contributed by atoms with van der Waals surface area (Å²) in [5.74, 6) is -2.55. The quantitative estimate of drug-likeness (QED) is 0.179. The molecule has 150 valence electrons. The van der Waals surface area contributed by atoms with E-state index in [1.54, 1.807) is 24.5 Å². The van der Waals surface area contributed by atoms with Crippen LogP contribution in [0.2, 0.25) is 0 Å². The third kappa shape index (κ3) is 6.49. The van der Waals surface area contributed by atoms with E-state index >= 15 is 0 Å². The number of hydrogen-bond donors (Lipinski definition) is 1. The number of thioether (sulfide) groups is 2. The van der Waals surface area contributed by atoms with Gasteiger partial charge in [0.15, 0.2) is 0 Å². The van der Waals surface area contributed by atoms with Gasteiger partial charge in [0.2, 0.25) is 5.91 Å². The van der Waals surface area contributed by atoms with E-state index in [9.17, 15) is 24.3 Å². The van der Waals surface area contributed by atoms with E-state index in [1.807, 2.05) is 0 Å². The number of hydrogen-bond acceptors (Lipinski definition) is 9. The number of carboxylic acids is 1. The number of fused-ring (bicyclic) bond motifs is 1. The average molecular weight is 469 g/mol. The van der Waals surface area contributed by atoms with Crippen LogP contribution in [0.3, 0.4) is 0 Å². The molecule has 0 aromatic carbocycles. The predicted octanol–water partition coefficient (Wildman–Crippen LogP) is -6.74. The fourth-order valence-electron chi connectivity index (χ4n) is 2.77. The molecule has 2 aliphatic heterocycles. The SMILES string of the molecule is CC(=O)OCC1=C(C(=O)[O-])N2C(=O)[C@@H](NC(=O)CSc3ccncc3)[C@H]2SC1.[H-].[Na+].[Na+]. The Morgan fingerprint density at radius 1 is 1.37 bits per heavy atom. The standard InChI is InChI=1S/C17H17N3O6S2.2Na.H/c1-9(21)26-6-10-7-28-16-13(15(23)20(16)14(10)17(24)25)19-12(22)8-27-11-2-4-18-5-3-11;;;/h2-5,13,16H,6-8H2,1H3,(H,19,22)(H,24,25);;;/q;2*+1;-1/p-1/t13-,16-;;;/m1.../s1. The Labute approximate surface area is 227 Å². The minimum Gasteiger partial charge on any atom is -1.00 e. The van der Waals surface area contributed by atoms with Crippen molar-refractivity contribution < 1.29 is 89.6 Å². The molecule has 0 unspecified atom stereocenters. The Bertz CT molecular complexity index is 862. The Kier molecular flexibility index (Phi) is 11.5. The molecule has 0 spiro atoms. The van der Waals surface area contributed by atoms with E-state index in [0.717, 1.165) is 9.80 Å². The van der Waals surface area contributed by atoms with E-state index in [2.05, 4.69) is 10.3 Å². The first-order chi connectivity index (χ1) is 13.4. The smallest absolute Gasteiger partial charge is 1.00 e. The molecule has 1 aromatic heterocycles. The topological polar surface area (TPSA) is 129 Å². The molecular weight excluding hydrogens is 452 g/mol. The molecule has 1 aromatic rings. The molecule has 3 heterocycles. The van der Waals surface area contributed by atoms with Crippen molar-refractivity contribution >= 4 is 47.3 Å². The van der Waals surface area contributed by atoms with E-state index in [-0.39, 0.29) is 90.3 Å². The first kappa shape index (κ1) is 27.5. The van der Waals surface area contributed by atoms with Crippen LogP contribution in [-0.4, -0.2) is 63.2 Å². The third-order valence-corrected chi connectivity index (χ3v) is 6.38. The monoisotopic (exact) mass is 469 g/mol. The second-order valence-electron chi connectivity index (χ2n) is 5.95. The van der Waals surface area contributed by atoms with Gasteiger partial charge in [-0.2, -0.15) is 0 Å². The third-order valence-electron chi connectivity index (χ3n) is 4.03. The summed E-state index contributed by atoms with van der Waals surface area (Å²) >= 11 is 2.60. The Hall–Kier alpha value is -0.530. The molecular formula is C17H17N3Na2O6S2. The summed E-state index contributed by atoms with van der Waals surface area (Å²) in [6.07, 6.45) is 3.24. The molecule has 2 aliphatic rings. The van der Waals surface area contributed by atoms with Crippen LogP contribution in [0.15, 0.2) is 40.7 Å². The van der Waals surface area contributed by atoms with E-state index in [0.29, 0.717) is 5.57 Å². The van der Waals surface area contributed by atoms with Gasteiger partial charge in [0.25, 0.3) is 5.91 Å². The van der Waals surface area contributed by atoms with Gasteiger partial charge in [-0.05, 0) is 12.1 Å². The van der Waals surface area contributed by atoms with Crippen LogP contribution < -0.4 is 69.5 Å². The number of nitrogens with one attached hydrogen (secondary N) is 1. The molecule has 0 radical (unpaired) electrons. The van der Waals surface area contributed by atoms with Crippen LogP contribution in [0, 0.1) is 0 Å². The van der Waals surface area contributed by atoms with Crippen molar-refractivity contribution in [2.45, 2.75) is 23.2 Å². The fraction of sp³-hybridized carbons (Fsp3) is 0.353. The first-order valence-electron chi connectivity index (χ1n) is 8.22. The minimum atomic E-state index is -1.51. The second-order valence-corrected chi connectivity index (χ2v) is 8.10. The zero-order chi connectivity index (χ0) is 20.3. The second kappa shape index (κ2) is 12.5. The summed E-state index contributed by atoms with van der Waals surface area (Å²) in [7, 11) is 0. The van der Waals surface area contributed by atoms with Gasteiger partial charge in [-0.1, -0.05) is 0 Å². The van der Waals surface area contributed by atoms with Crippen LogP contribution in [0.4, 0.5) is 0 Å². The number of aliphatic carboxylic acids is 1. The van der Waals surface area contributed by atoms with E-state index in [1.165, 1.54) is 30.4 Å². The zero-order valence-electron chi connectivity index (χ0n) is 17.7. The number of β-lactam (4-membered cyclic amide) rings is 1. The van der Waals surface area contributed by atoms with Gasteiger partial charge in [-0.25, -0.2) is 0 Å². The van der Waals surface area contributed by atoms with Gasteiger partial charge < -0.3 is 21.4 Å². The van der Waals surface area contributed by atoms with E-state index in [4.69, 9.17) is 4.74 Å². The summed E-state index contributed by atoms with van der Waals surface area (Å²) in [6.45, 7) is 0.990. The van der Waals surface area contributed by atoms with Crippen molar-refractivity contribution in [2.75, 3.05) is 18.1 Å². The summed E-state index contributed by atoms with van der Waals surface area (Å²) in [4.78, 5) is 53.0. The predicted molar refractivity (Wildman–Crippen MR) is 99.8 cm³/mol. The molecule has 2 amide bonds. The maximum absolute atomic E-state index is 12.5. The van der Waals surface area contributed by atoms with Crippen molar-refractivity contribution in [1.29, 1.82) is 0 Å². The molecule has 2 atom stereocenters. The summed E-state index contributed by atoms with van der Waals surface area (Å²) in [6, 6.07) is 2.74. The van der Waals surface area contributed by atoms with Gasteiger partial charge in [0.05, 0.1) is 17.4 Å². The number of carbonyl (C=O) groups excluding carboxylic acids is 4. The number of rotatable bonds is 7. The molecule has 0 bridgehead atoms.